The Bertz CT molecular complexity index is 2790. The quantitative estimate of drug-likeness (QED) is 0.0238. The Hall–Kier alpha value is -4.23. The largest absolute Gasteiger partial charge is 0.481 e. The number of nitrogens with zero attached hydrogens (tertiary/aromatic N) is 1. The number of hydrogen-bond acceptors (Lipinski definition) is 12. The number of amidine groups is 1. The number of allylic oxidation sites excluding steroid dienone is 1. The fraction of sp³-hybridized carbons (Fsp3) is 0.509. The van der Waals surface area contributed by atoms with Gasteiger partial charge in [-0.15, -0.1) is 35.3 Å². The molecule has 1 aliphatic heterocycles. The van der Waals surface area contributed by atoms with Crippen LogP contribution in [0.25, 0.3) is 6.08 Å². The van der Waals surface area contributed by atoms with Crippen LogP contribution in [0, 0.1) is 11.3 Å². The molecule has 0 radical (unpaired) electrons. The molecule has 0 saturated carbocycles. The number of esters is 1. The van der Waals surface area contributed by atoms with E-state index >= 15 is 0 Å². The van der Waals surface area contributed by atoms with Crippen LogP contribution in [0.2, 0.25) is 20.1 Å². The second kappa shape index (κ2) is 29.5. The first-order valence-electron chi connectivity index (χ1n) is 26.1. The average molecular weight is 1210 g/mol. The predicted octanol–water partition coefficient (Wildman–Crippen LogP) is 14.0. The highest BCUT2D eigenvalue weighted by Gasteiger charge is 2.41. The summed E-state index contributed by atoms with van der Waals surface area (Å²) < 4.78 is 3.53. The van der Waals surface area contributed by atoms with Crippen LogP contribution in [0.5, 0.6) is 0 Å². The molecule has 426 valence electrons. The molecule has 0 saturated heterocycles. The van der Waals surface area contributed by atoms with Gasteiger partial charge < -0.3 is 30.6 Å². The van der Waals surface area contributed by atoms with Crippen molar-refractivity contribution in [2.45, 2.75) is 148 Å². The van der Waals surface area contributed by atoms with E-state index in [0.29, 0.717) is 77.3 Å². The minimum atomic E-state index is -1.24. The number of Topliss-reactive ketones (excluding diaryl/α,β-unsaturated/α-hetero) is 2. The van der Waals surface area contributed by atoms with Gasteiger partial charge in [-0.2, -0.15) is 0 Å². The fourth-order valence-corrected chi connectivity index (χ4v) is 13.5. The Morgan fingerprint density at radius 2 is 1.21 bits per heavy atom. The van der Waals surface area contributed by atoms with Crippen LogP contribution in [0.3, 0.4) is 0 Å². The SMILES string of the molecule is CCC(C)(C)C(=O)OCCSC(CC)(CC)C(=O)NC1=NC(=Cc2[nH]c(NC(=O)C(CC)(CC)SCCSC(CC(=O)O)C(=O)O)c(C(=O)Cc3c(Cl)cccc3Cl)c2C(C)C)C(C(C)C)=C1C(=O)Cc1c(Cl)cccc1Cl. The normalized spacial score (nSPS) is 14.0. The van der Waals surface area contributed by atoms with E-state index in [-0.39, 0.29) is 85.9 Å². The lowest BCUT2D eigenvalue weighted by atomic mass is 9.89. The summed E-state index contributed by atoms with van der Waals surface area (Å²) in [5, 5.41) is 24.9. The van der Waals surface area contributed by atoms with Crippen molar-refractivity contribution >= 4 is 141 Å². The molecule has 21 heteroatoms. The van der Waals surface area contributed by atoms with Crippen LogP contribution in [0.4, 0.5) is 5.82 Å². The highest BCUT2D eigenvalue weighted by molar-refractivity contribution is 8.04. The number of aliphatic imine (C=N–C) groups is 1. The van der Waals surface area contributed by atoms with Crippen molar-refractivity contribution in [2.75, 3.05) is 29.2 Å². The van der Waals surface area contributed by atoms with Crippen molar-refractivity contribution in [3.05, 3.63) is 101 Å². The molecule has 14 nitrogen and oxygen atoms in total. The number of amides is 2. The molecule has 0 bridgehead atoms. The van der Waals surface area contributed by atoms with Gasteiger partial charge >= 0.3 is 17.9 Å². The average Bonchev–Trinajstić information content (AvgIpc) is 4.02. The molecule has 1 aliphatic rings. The molecule has 0 fully saturated rings. The number of halogens is 4. The van der Waals surface area contributed by atoms with Gasteiger partial charge in [0.15, 0.2) is 11.6 Å². The molecule has 1 aromatic heterocycles. The first-order chi connectivity index (χ1) is 36.7. The van der Waals surface area contributed by atoms with E-state index in [4.69, 9.17) is 56.1 Å². The van der Waals surface area contributed by atoms with Gasteiger partial charge in [0.2, 0.25) is 11.8 Å². The number of rotatable bonds is 30. The zero-order chi connectivity index (χ0) is 58.4. The predicted molar refractivity (Wildman–Crippen MR) is 321 cm³/mol. The molecule has 4 rings (SSSR count). The molecule has 2 heterocycles. The summed E-state index contributed by atoms with van der Waals surface area (Å²) in [5.41, 5.74) is 2.09. The van der Waals surface area contributed by atoms with Crippen LogP contribution < -0.4 is 10.6 Å². The molecule has 0 spiro atoms. The lowest BCUT2D eigenvalue weighted by molar-refractivity contribution is -0.153. The van der Waals surface area contributed by atoms with Gasteiger partial charge in [-0.05, 0) is 110 Å². The summed E-state index contributed by atoms with van der Waals surface area (Å²) in [7, 11) is 0. The molecular weight excluding hydrogens is 1140 g/mol. The van der Waals surface area contributed by atoms with E-state index < -0.39 is 61.9 Å². The molecule has 1 unspecified atom stereocenters. The Morgan fingerprint density at radius 3 is 1.67 bits per heavy atom. The fourth-order valence-electron chi connectivity index (χ4n) is 8.87. The molecule has 1 atom stereocenters. The third-order valence-electron chi connectivity index (χ3n) is 14.0. The lowest BCUT2D eigenvalue weighted by Gasteiger charge is -2.30. The van der Waals surface area contributed by atoms with Crippen molar-refractivity contribution in [1.29, 1.82) is 0 Å². The minimum absolute atomic E-state index is 0.00506. The highest BCUT2D eigenvalue weighted by Crippen LogP contribution is 2.42. The smallest absolute Gasteiger partial charge is 0.317 e. The van der Waals surface area contributed by atoms with Gasteiger partial charge in [-0.1, -0.05) is 121 Å². The van der Waals surface area contributed by atoms with E-state index in [1.807, 2.05) is 76.2 Å². The maximum atomic E-state index is 15.0. The van der Waals surface area contributed by atoms with E-state index in [0.717, 1.165) is 11.8 Å². The Balaban J connectivity index is 1.94. The van der Waals surface area contributed by atoms with E-state index in [2.05, 4.69) is 15.6 Å². The van der Waals surface area contributed by atoms with Crippen LogP contribution >= 0.6 is 81.7 Å². The molecule has 2 aromatic carbocycles. The molecule has 0 aliphatic carbocycles. The Kier molecular flexibility index (Phi) is 25.0. The van der Waals surface area contributed by atoms with Crippen molar-refractivity contribution in [3.8, 4) is 0 Å². The number of carboxylic acid groups (broad SMARTS) is 2. The van der Waals surface area contributed by atoms with Gasteiger partial charge in [0.05, 0.1) is 38.2 Å². The standard InChI is InChI=1S/C57H72Cl4N4O10S3/c1-12-55(10,11)54(74)75-23-24-77-56(13-2,14-3)52(72)64-49-47(41(66)27-33-35(58)19-17-20-36(33)59)45(31(6)7)39(62-49)29-40-46(32(8)9)48(42(67)28-34-37(60)21-18-22-38(34)61)50(63-40)65-53(73)57(15-4,16-5)78-26-25-76-43(51(70)71)30-44(68)69/h17-22,29,31-32,43,63H,12-16,23-28,30H2,1-11H3,(H,65,73)(H,68,69)(H,70,71)(H,62,64,72). The van der Waals surface area contributed by atoms with Gasteiger partial charge in [0.1, 0.15) is 23.5 Å². The monoisotopic (exact) mass is 1210 g/mol. The first-order valence-corrected chi connectivity index (χ1v) is 30.6. The zero-order valence-electron chi connectivity index (χ0n) is 46.1. The molecule has 2 amide bonds. The first kappa shape index (κ1) is 66.3. The summed E-state index contributed by atoms with van der Waals surface area (Å²) in [5.74, 6) is -4.26. The molecule has 5 N–H and O–H groups in total. The summed E-state index contributed by atoms with van der Waals surface area (Å²) in [4.78, 5) is 104. The lowest BCUT2D eigenvalue weighted by Crippen LogP contribution is -2.47. The number of carbonyl (C=O) groups excluding carboxylic acids is 5. The van der Waals surface area contributed by atoms with Crippen molar-refractivity contribution < 1.29 is 48.5 Å². The van der Waals surface area contributed by atoms with Crippen molar-refractivity contribution in [1.82, 2.24) is 10.3 Å². The van der Waals surface area contributed by atoms with Gasteiger partial charge in [0.25, 0.3) is 0 Å². The van der Waals surface area contributed by atoms with Crippen LogP contribution in [0.1, 0.15) is 153 Å². The number of thioether (sulfide) groups is 3. The van der Waals surface area contributed by atoms with E-state index in [9.17, 15) is 43.8 Å². The summed E-state index contributed by atoms with van der Waals surface area (Å²) in [6.45, 7) is 20.7. The number of ether oxygens (including phenoxy) is 1. The van der Waals surface area contributed by atoms with Crippen LogP contribution in [-0.4, -0.2) is 101 Å². The number of H-pyrrole nitrogens is 1. The van der Waals surface area contributed by atoms with E-state index in [1.54, 1.807) is 42.5 Å². The minimum Gasteiger partial charge on any atom is -0.481 e. The second-order valence-electron chi connectivity index (χ2n) is 20.1. The zero-order valence-corrected chi connectivity index (χ0v) is 51.6. The topological polar surface area (TPSA) is 221 Å². The van der Waals surface area contributed by atoms with Crippen LogP contribution in [-0.2, 0) is 46.3 Å². The Labute approximate surface area is 491 Å². The van der Waals surface area contributed by atoms with Gasteiger partial charge in [-0.25, -0.2) is 4.99 Å². The number of carbonyl (C=O) groups is 7. The number of benzene rings is 2. The number of ketones is 2. The van der Waals surface area contributed by atoms with Crippen molar-refractivity contribution in [2.24, 2.45) is 16.3 Å². The maximum absolute atomic E-state index is 15.0. The third-order valence-corrected chi connectivity index (χ3v) is 20.3. The summed E-state index contributed by atoms with van der Waals surface area (Å²) in [6, 6.07) is 9.87. The maximum Gasteiger partial charge on any atom is 0.317 e. The number of nitrogens with one attached hydrogen (secondary N) is 3. The van der Waals surface area contributed by atoms with Crippen molar-refractivity contribution in [3.63, 3.8) is 0 Å². The number of anilines is 1. The highest BCUT2D eigenvalue weighted by atomic mass is 35.5. The molecular formula is C57H72Cl4N4O10S3. The summed E-state index contributed by atoms with van der Waals surface area (Å²) >= 11 is 30.2. The van der Waals surface area contributed by atoms with E-state index in [1.165, 1.54) is 23.5 Å². The number of hydrogen-bond donors (Lipinski definition) is 5. The number of aromatic amines is 1. The van der Waals surface area contributed by atoms with Gasteiger partial charge in [0, 0.05) is 55.9 Å². The Morgan fingerprint density at radius 1 is 0.705 bits per heavy atom. The summed E-state index contributed by atoms with van der Waals surface area (Å²) in [6.07, 6.45) is 2.74. The van der Waals surface area contributed by atoms with Crippen LogP contribution in [0.15, 0.2) is 58.2 Å². The second-order valence-corrected chi connectivity index (χ2v) is 26.0. The molecule has 3 aromatic rings. The number of carboxylic acids is 2. The number of aliphatic carboxylic acids is 2. The molecule has 78 heavy (non-hydrogen) atoms. The number of aromatic nitrogens is 1. The third kappa shape index (κ3) is 16.2. The van der Waals surface area contributed by atoms with Gasteiger partial charge in [-0.3, -0.25) is 33.6 Å².